The van der Waals surface area contributed by atoms with E-state index >= 15 is 0 Å². The monoisotopic (exact) mass is 542 g/mol. The Morgan fingerprint density at radius 2 is 1.95 bits per heavy atom. The number of ether oxygens (including phenoxy) is 3. The number of benzene rings is 1. The molecule has 0 amide bonds. The second kappa shape index (κ2) is 10.0. The molecule has 4 heterocycles. The molecule has 0 radical (unpaired) electrons. The molecule has 10 nitrogen and oxygen atoms in total. The number of aromatic nitrogens is 3. The van der Waals surface area contributed by atoms with Crippen molar-refractivity contribution in [3.63, 3.8) is 0 Å². The summed E-state index contributed by atoms with van der Waals surface area (Å²) in [7, 11) is -2.66. The maximum absolute atomic E-state index is 13.1. The van der Waals surface area contributed by atoms with Crippen LogP contribution in [-0.4, -0.2) is 49.7 Å². The molecule has 1 aliphatic rings. The van der Waals surface area contributed by atoms with Crippen molar-refractivity contribution in [1.29, 1.82) is 0 Å². The predicted molar refractivity (Wildman–Crippen MR) is 138 cm³/mol. The van der Waals surface area contributed by atoms with Crippen LogP contribution in [-0.2, 0) is 14.8 Å². The largest absolute Gasteiger partial charge is 0.486 e. The highest BCUT2D eigenvalue weighted by molar-refractivity contribution is 7.92. The topological polar surface area (TPSA) is 121 Å². The number of hydrogen-bond acceptors (Lipinski definition) is 8. The minimum atomic E-state index is -4.04. The van der Waals surface area contributed by atoms with Crippen LogP contribution in [0.2, 0.25) is 5.02 Å². The average Bonchev–Trinajstić information content (AvgIpc) is 2.84. The number of pyridine rings is 2. The van der Waals surface area contributed by atoms with E-state index in [2.05, 4.69) is 14.7 Å². The summed E-state index contributed by atoms with van der Waals surface area (Å²) in [6, 6.07) is 9.67. The number of rotatable bonds is 8. The van der Waals surface area contributed by atoms with Crippen LogP contribution in [0.3, 0.4) is 0 Å². The molecule has 192 valence electrons. The molecule has 0 spiro atoms. The molecule has 0 bridgehead atoms. The third-order valence-corrected chi connectivity index (χ3v) is 7.70. The van der Waals surface area contributed by atoms with Gasteiger partial charge >= 0.3 is 0 Å². The maximum Gasteiger partial charge on any atom is 0.300 e. The average molecular weight is 543 g/mol. The fraction of sp³-hybridized carbons (Fsp3) is 0.240. The lowest BCUT2D eigenvalue weighted by Gasteiger charge is -2.25. The molecule has 1 aromatic carbocycles. The Morgan fingerprint density at radius 3 is 2.65 bits per heavy atom. The number of halogens is 1. The molecule has 0 atom stereocenters. The Morgan fingerprint density at radius 1 is 1.14 bits per heavy atom. The summed E-state index contributed by atoms with van der Waals surface area (Å²) >= 11 is 6.19. The molecule has 1 aliphatic heterocycles. The van der Waals surface area contributed by atoms with Crippen molar-refractivity contribution >= 4 is 33.0 Å². The molecule has 5 rings (SSSR count). The summed E-state index contributed by atoms with van der Waals surface area (Å²) in [5, 5.41) is 0.0971. The van der Waals surface area contributed by atoms with E-state index < -0.39 is 10.0 Å². The van der Waals surface area contributed by atoms with Crippen LogP contribution >= 0.6 is 11.6 Å². The van der Waals surface area contributed by atoms with Gasteiger partial charge in [-0.25, -0.2) is 18.4 Å². The van der Waals surface area contributed by atoms with Gasteiger partial charge in [0.05, 0.1) is 38.1 Å². The van der Waals surface area contributed by atoms with Gasteiger partial charge in [-0.2, -0.15) is 0 Å². The van der Waals surface area contributed by atoms with Gasteiger partial charge in [0.1, 0.15) is 16.2 Å². The van der Waals surface area contributed by atoms with Crippen LogP contribution in [0.25, 0.3) is 16.8 Å². The van der Waals surface area contributed by atoms with Gasteiger partial charge in [-0.3, -0.25) is 13.9 Å². The molecule has 12 heteroatoms. The van der Waals surface area contributed by atoms with E-state index in [1.54, 1.807) is 36.5 Å². The maximum atomic E-state index is 13.1. The zero-order chi connectivity index (χ0) is 26.2. The van der Waals surface area contributed by atoms with Crippen molar-refractivity contribution in [2.24, 2.45) is 5.92 Å². The van der Waals surface area contributed by atoms with Gasteiger partial charge < -0.3 is 14.2 Å². The molecular formula is C25H23ClN4O6S. The Hall–Kier alpha value is -3.67. The highest BCUT2D eigenvalue weighted by Crippen LogP contribution is 2.32. The lowest BCUT2D eigenvalue weighted by atomic mass is 10.1. The number of nitrogens with one attached hydrogen (secondary N) is 1. The van der Waals surface area contributed by atoms with Crippen molar-refractivity contribution in [3.8, 4) is 22.8 Å². The lowest BCUT2D eigenvalue weighted by Crippen LogP contribution is -2.33. The Balaban J connectivity index is 1.49. The normalized spacial score (nSPS) is 13.8. The number of methoxy groups -OCH3 is 1. The zero-order valence-electron chi connectivity index (χ0n) is 20.0. The quantitative estimate of drug-likeness (QED) is 0.359. The molecule has 4 aromatic rings. The van der Waals surface area contributed by atoms with Gasteiger partial charge in [0.25, 0.3) is 15.6 Å². The molecular weight excluding hydrogens is 520 g/mol. The summed E-state index contributed by atoms with van der Waals surface area (Å²) in [4.78, 5) is 21.5. The van der Waals surface area contributed by atoms with Crippen molar-refractivity contribution in [1.82, 2.24) is 14.4 Å². The van der Waals surface area contributed by atoms with E-state index in [1.807, 2.05) is 6.92 Å². The summed E-state index contributed by atoms with van der Waals surface area (Å²) in [6.45, 7) is 3.41. The van der Waals surface area contributed by atoms with Gasteiger partial charge in [0.2, 0.25) is 11.6 Å². The molecule has 0 unspecified atom stereocenters. The first-order chi connectivity index (χ1) is 17.7. The van der Waals surface area contributed by atoms with Crippen LogP contribution in [0, 0.1) is 12.8 Å². The third-order valence-electron chi connectivity index (χ3n) is 5.85. The predicted octanol–water partition coefficient (Wildman–Crippen LogP) is 3.55. The number of hydrogen-bond donors (Lipinski definition) is 1. The first kappa shape index (κ1) is 25.0. The summed E-state index contributed by atoms with van der Waals surface area (Å²) in [5.74, 6) is 0.470. The van der Waals surface area contributed by atoms with Crippen LogP contribution in [0.4, 0.5) is 5.69 Å². The number of aryl methyl sites for hydroxylation is 1. The van der Waals surface area contributed by atoms with Crippen LogP contribution in [0.5, 0.6) is 11.6 Å². The smallest absolute Gasteiger partial charge is 0.300 e. The standard InChI is InChI=1S/C25H23ClN4O6S/c1-15-3-5-22(19(26)7-15)37(32,33)29-20-8-18(9-28-24(20)34-2)17-4-6-23-27-10-21(25(31)30(23)11-17)36-14-16-12-35-13-16/h3-11,16,29H,12-14H2,1-2H3. The van der Waals surface area contributed by atoms with E-state index in [-0.39, 0.29) is 38.7 Å². The molecule has 1 saturated heterocycles. The molecule has 0 aliphatic carbocycles. The second-order valence-corrected chi connectivity index (χ2v) is 10.7. The number of fused-ring (bicyclic) bond motifs is 1. The van der Waals surface area contributed by atoms with E-state index in [0.717, 1.165) is 5.56 Å². The highest BCUT2D eigenvalue weighted by atomic mass is 35.5. The van der Waals surface area contributed by atoms with Gasteiger partial charge in [0, 0.05) is 29.4 Å². The third kappa shape index (κ3) is 5.10. The minimum Gasteiger partial charge on any atom is -0.486 e. The van der Waals surface area contributed by atoms with Gasteiger partial charge in [-0.1, -0.05) is 17.7 Å². The van der Waals surface area contributed by atoms with Gasteiger partial charge in [0.15, 0.2) is 0 Å². The fourth-order valence-corrected chi connectivity index (χ4v) is 5.44. The van der Waals surface area contributed by atoms with Gasteiger partial charge in [-0.15, -0.1) is 0 Å². The van der Waals surface area contributed by atoms with Crippen LogP contribution < -0.4 is 19.8 Å². The Kier molecular flexibility index (Phi) is 6.76. The Bertz CT molecular complexity index is 1650. The zero-order valence-corrected chi connectivity index (χ0v) is 21.5. The van der Waals surface area contributed by atoms with E-state index in [1.165, 1.54) is 30.0 Å². The van der Waals surface area contributed by atoms with E-state index in [0.29, 0.717) is 36.6 Å². The summed E-state index contributed by atoms with van der Waals surface area (Å²) in [5.41, 5.74) is 2.16. The van der Waals surface area contributed by atoms with Crippen molar-refractivity contribution in [2.75, 3.05) is 31.7 Å². The van der Waals surface area contributed by atoms with Crippen molar-refractivity contribution in [2.45, 2.75) is 11.8 Å². The second-order valence-electron chi connectivity index (χ2n) is 8.61. The first-order valence-corrected chi connectivity index (χ1v) is 13.2. The summed E-state index contributed by atoms with van der Waals surface area (Å²) < 4.78 is 46.1. The molecule has 37 heavy (non-hydrogen) atoms. The van der Waals surface area contributed by atoms with Gasteiger partial charge in [-0.05, 0) is 42.8 Å². The SMILES string of the molecule is COc1ncc(-c2ccc3ncc(OCC4COC4)c(=O)n3c2)cc1NS(=O)(=O)c1ccc(C)cc1Cl. The molecule has 1 N–H and O–H groups in total. The molecule has 3 aromatic heterocycles. The molecule has 1 fully saturated rings. The lowest BCUT2D eigenvalue weighted by molar-refractivity contribution is -0.0510. The number of nitrogens with zero attached hydrogens (tertiary/aromatic N) is 3. The Labute approximate surface area is 217 Å². The van der Waals surface area contributed by atoms with Crippen LogP contribution in [0.1, 0.15) is 5.56 Å². The minimum absolute atomic E-state index is 0.0726. The number of anilines is 1. The highest BCUT2D eigenvalue weighted by Gasteiger charge is 2.22. The fourth-order valence-electron chi connectivity index (χ4n) is 3.79. The van der Waals surface area contributed by atoms with E-state index in [9.17, 15) is 13.2 Å². The van der Waals surface area contributed by atoms with Crippen molar-refractivity contribution in [3.05, 3.63) is 75.9 Å². The van der Waals surface area contributed by atoms with Crippen LogP contribution in [0.15, 0.2) is 64.7 Å². The first-order valence-electron chi connectivity index (χ1n) is 11.3. The number of sulfonamides is 1. The molecule has 0 saturated carbocycles. The summed E-state index contributed by atoms with van der Waals surface area (Å²) in [6.07, 6.45) is 4.53. The van der Waals surface area contributed by atoms with Crippen molar-refractivity contribution < 1.29 is 22.6 Å². The van der Waals surface area contributed by atoms with E-state index in [4.69, 9.17) is 25.8 Å².